The van der Waals surface area contributed by atoms with Gasteiger partial charge in [-0.1, -0.05) is 52.2 Å². The largest absolute Gasteiger partial charge is 0.461 e. The van der Waals surface area contributed by atoms with Crippen LogP contribution in [-0.4, -0.2) is 53.2 Å². The second kappa shape index (κ2) is 16.7. The zero-order valence-corrected chi connectivity index (χ0v) is 17.3. The molecule has 0 aromatic carbocycles. The average molecular weight is 423 g/mol. The van der Waals surface area contributed by atoms with Gasteiger partial charge in [0.05, 0.1) is 6.61 Å². The van der Waals surface area contributed by atoms with Gasteiger partial charge in [0.2, 0.25) is 0 Å². The standard InChI is InChI=1S/C16H19N5O4.C2H6.CH5N.CH4/c1-3-11(10-22)6-4-5-7-21-14-12(18-16(21)23)13(17)19-15(20-14)25-9-8-24-2;2*1-2;/h3-6,10H,1,7-9H2,2H3,(H,18,23)(H2,17,19,20);1-2H3;2H2,1H3;1H4/b5-4+,11-6+;;;. The van der Waals surface area contributed by atoms with E-state index in [1.807, 2.05) is 13.8 Å². The first-order chi connectivity index (χ1) is 14.1. The Morgan fingerprint density at radius 1 is 1.27 bits per heavy atom. The third-order valence-electron chi connectivity index (χ3n) is 3.23. The number of hydrogen-bond donors (Lipinski definition) is 3. The Kier molecular flexibility index (Phi) is 16.1. The lowest BCUT2D eigenvalue weighted by atomic mass is 10.2. The number of H-pyrrole nitrogens is 1. The van der Waals surface area contributed by atoms with Crippen LogP contribution in [0.15, 0.2) is 41.3 Å². The van der Waals surface area contributed by atoms with Gasteiger partial charge < -0.3 is 25.9 Å². The molecule has 0 amide bonds. The molecule has 10 nitrogen and oxygen atoms in total. The molecule has 168 valence electrons. The fraction of sp³-hybridized carbons (Fsp3) is 0.400. The van der Waals surface area contributed by atoms with Crippen LogP contribution in [0, 0.1) is 0 Å². The maximum Gasteiger partial charge on any atom is 0.328 e. The molecule has 0 radical (unpaired) electrons. The lowest BCUT2D eigenvalue weighted by Crippen LogP contribution is -2.16. The van der Waals surface area contributed by atoms with Crippen molar-refractivity contribution in [2.24, 2.45) is 5.73 Å². The molecule has 0 bridgehead atoms. The minimum Gasteiger partial charge on any atom is -0.461 e. The molecule has 0 saturated heterocycles. The fourth-order valence-electron chi connectivity index (χ4n) is 1.98. The van der Waals surface area contributed by atoms with E-state index in [0.717, 1.165) is 0 Å². The highest BCUT2D eigenvalue weighted by Gasteiger charge is 2.13. The molecule has 0 atom stereocenters. The molecule has 0 aliphatic carbocycles. The Hall–Kier alpha value is -3.24. The number of carbonyl (C=O) groups is 1. The summed E-state index contributed by atoms with van der Waals surface area (Å²) >= 11 is 0. The number of aromatic amines is 1. The summed E-state index contributed by atoms with van der Waals surface area (Å²) < 4.78 is 11.6. The molecule has 2 aromatic heterocycles. The van der Waals surface area contributed by atoms with Gasteiger partial charge in [-0.05, 0) is 7.05 Å². The quantitative estimate of drug-likeness (QED) is 0.240. The molecule has 0 unspecified atom stereocenters. The number of aldehydes is 1. The second-order valence-electron chi connectivity index (χ2n) is 4.89. The highest BCUT2D eigenvalue weighted by molar-refractivity contribution is 5.82. The number of imidazole rings is 1. The number of nitrogens with one attached hydrogen (secondary N) is 1. The SMILES string of the molecule is C.C=C/C(C=O)=C\C=C\Cn1c(=O)[nH]c2c(N)nc(OCCOC)nc21.CC.CN. The van der Waals surface area contributed by atoms with Crippen molar-refractivity contribution in [3.8, 4) is 6.01 Å². The Morgan fingerprint density at radius 2 is 1.93 bits per heavy atom. The summed E-state index contributed by atoms with van der Waals surface area (Å²) in [7, 11) is 3.05. The van der Waals surface area contributed by atoms with Crippen LogP contribution in [-0.2, 0) is 16.1 Å². The van der Waals surface area contributed by atoms with Gasteiger partial charge in [0.1, 0.15) is 18.4 Å². The summed E-state index contributed by atoms with van der Waals surface area (Å²) in [4.78, 5) is 33.6. The maximum atomic E-state index is 12.1. The maximum absolute atomic E-state index is 12.1. The molecule has 10 heteroatoms. The minimum atomic E-state index is -0.377. The van der Waals surface area contributed by atoms with E-state index in [0.29, 0.717) is 29.6 Å². The van der Waals surface area contributed by atoms with Crippen molar-refractivity contribution >= 4 is 23.3 Å². The molecule has 0 spiro atoms. The first kappa shape index (κ1) is 29.0. The van der Waals surface area contributed by atoms with Gasteiger partial charge in [0, 0.05) is 19.2 Å². The first-order valence-corrected chi connectivity index (χ1v) is 9.00. The lowest BCUT2D eigenvalue weighted by Gasteiger charge is -2.05. The number of aromatic nitrogens is 4. The molecule has 0 aliphatic heterocycles. The zero-order valence-electron chi connectivity index (χ0n) is 17.3. The molecule has 2 aromatic rings. The van der Waals surface area contributed by atoms with E-state index < -0.39 is 0 Å². The van der Waals surface area contributed by atoms with Crippen LogP contribution in [0.2, 0.25) is 0 Å². The highest BCUT2D eigenvalue weighted by Crippen LogP contribution is 2.17. The molecule has 2 heterocycles. The van der Waals surface area contributed by atoms with Gasteiger partial charge in [0.15, 0.2) is 11.5 Å². The fourth-order valence-corrected chi connectivity index (χ4v) is 1.98. The van der Waals surface area contributed by atoms with Gasteiger partial charge in [-0.2, -0.15) is 9.97 Å². The number of hydrogen-bond acceptors (Lipinski definition) is 8. The van der Waals surface area contributed by atoms with E-state index >= 15 is 0 Å². The topological polar surface area (TPSA) is 151 Å². The predicted octanol–water partition coefficient (Wildman–Crippen LogP) is 1.83. The van der Waals surface area contributed by atoms with Crippen LogP contribution < -0.4 is 21.9 Å². The first-order valence-electron chi connectivity index (χ1n) is 9.00. The number of rotatable bonds is 9. The smallest absolute Gasteiger partial charge is 0.328 e. The molecule has 5 N–H and O–H groups in total. The Morgan fingerprint density at radius 3 is 2.50 bits per heavy atom. The summed E-state index contributed by atoms with van der Waals surface area (Å²) in [6.45, 7) is 8.38. The van der Waals surface area contributed by atoms with E-state index in [-0.39, 0.29) is 38.1 Å². The van der Waals surface area contributed by atoms with Gasteiger partial charge in [-0.15, -0.1) is 0 Å². The molecule has 2 rings (SSSR count). The van der Waals surface area contributed by atoms with Gasteiger partial charge in [-0.25, -0.2) is 4.79 Å². The Labute approximate surface area is 177 Å². The van der Waals surface area contributed by atoms with Crippen molar-refractivity contribution in [3.63, 3.8) is 0 Å². The summed E-state index contributed by atoms with van der Waals surface area (Å²) in [5.41, 5.74) is 11.1. The van der Waals surface area contributed by atoms with Gasteiger partial charge >= 0.3 is 11.7 Å². The number of allylic oxidation sites excluding steroid dienone is 5. The number of methoxy groups -OCH3 is 1. The number of nitrogen functional groups attached to an aromatic ring is 1. The second-order valence-corrected chi connectivity index (χ2v) is 4.89. The summed E-state index contributed by atoms with van der Waals surface area (Å²) in [6.07, 6.45) is 7.06. The lowest BCUT2D eigenvalue weighted by molar-refractivity contribution is -0.104. The van der Waals surface area contributed by atoms with Crippen molar-refractivity contribution in [2.75, 3.05) is 33.1 Å². The molecule has 0 saturated carbocycles. The normalized spacial score (nSPS) is 10.4. The Balaban J connectivity index is 0. The van der Waals surface area contributed by atoms with E-state index in [2.05, 4.69) is 27.3 Å². The molecule has 30 heavy (non-hydrogen) atoms. The van der Waals surface area contributed by atoms with Crippen LogP contribution in [0.5, 0.6) is 6.01 Å². The van der Waals surface area contributed by atoms with Crippen molar-refractivity contribution in [2.45, 2.75) is 27.8 Å². The van der Waals surface area contributed by atoms with Crippen molar-refractivity contribution in [1.29, 1.82) is 0 Å². The molecule has 0 fully saturated rings. The number of carbonyl (C=O) groups excluding carboxylic acids is 1. The predicted molar refractivity (Wildman–Crippen MR) is 122 cm³/mol. The average Bonchev–Trinajstić information content (AvgIpc) is 3.07. The zero-order chi connectivity index (χ0) is 22.2. The summed E-state index contributed by atoms with van der Waals surface area (Å²) in [5.74, 6) is 0.118. The number of nitrogens with zero attached hydrogens (tertiary/aromatic N) is 3. The van der Waals surface area contributed by atoms with E-state index in [9.17, 15) is 9.59 Å². The number of anilines is 1. The van der Waals surface area contributed by atoms with Gasteiger partial charge in [-0.3, -0.25) is 9.36 Å². The monoisotopic (exact) mass is 422 g/mol. The van der Waals surface area contributed by atoms with Crippen molar-refractivity contribution < 1.29 is 14.3 Å². The number of nitrogens with two attached hydrogens (primary N) is 2. The highest BCUT2D eigenvalue weighted by atomic mass is 16.5. The van der Waals surface area contributed by atoms with Crippen LogP contribution in [0.25, 0.3) is 11.2 Å². The van der Waals surface area contributed by atoms with E-state index in [1.165, 1.54) is 17.7 Å². The van der Waals surface area contributed by atoms with Crippen LogP contribution in [0.3, 0.4) is 0 Å². The number of ether oxygens (including phenoxy) is 2. The van der Waals surface area contributed by atoms with E-state index in [1.54, 1.807) is 25.3 Å². The number of fused-ring (bicyclic) bond motifs is 1. The minimum absolute atomic E-state index is 0. The third-order valence-corrected chi connectivity index (χ3v) is 3.23. The van der Waals surface area contributed by atoms with Crippen LogP contribution >= 0.6 is 0 Å². The molecular formula is C20H34N6O4. The van der Waals surface area contributed by atoms with Crippen LogP contribution in [0.4, 0.5) is 5.82 Å². The van der Waals surface area contributed by atoms with Crippen molar-refractivity contribution in [3.05, 3.63) is 46.9 Å². The molecule has 0 aliphatic rings. The van der Waals surface area contributed by atoms with E-state index in [4.69, 9.17) is 15.2 Å². The van der Waals surface area contributed by atoms with Gasteiger partial charge in [0.25, 0.3) is 0 Å². The summed E-state index contributed by atoms with van der Waals surface area (Å²) in [5, 5.41) is 0. The van der Waals surface area contributed by atoms with Crippen LogP contribution in [0.1, 0.15) is 21.3 Å². The molecular weight excluding hydrogens is 388 g/mol. The third kappa shape index (κ3) is 8.41. The van der Waals surface area contributed by atoms with Crippen molar-refractivity contribution in [1.82, 2.24) is 19.5 Å². The Bertz CT molecular complexity index is 873. The summed E-state index contributed by atoms with van der Waals surface area (Å²) in [6, 6.07) is 0.0635.